The Morgan fingerprint density at radius 2 is 1.04 bits per heavy atom. The fourth-order valence-corrected chi connectivity index (χ4v) is 8.55. The highest BCUT2D eigenvalue weighted by Crippen LogP contribution is 2.44. The van der Waals surface area contributed by atoms with Gasteiger partial charge in [-0.2, -0.15) is 26.3 Å². The number of aromatic nitrogens is 2. The maximum Gasteiger partial charge on any atom is 0.494 e. The summed E-state index contributed by atoms with van der Waals surface area (Å²) < 4.78 is 128. The van der Waals surface area contributed by atoms with Crippen molar-refractivity contribution in [2.45, 2.75) is 77.9 Å². The third-order valence-electron chi connectivity index (χ3n) is 11.4. The molecular weight excluding hydrogens is 1050 g/mol. The predicted molar refractivity (Wildman–Crippen MR) is 265 cm³/mol. The lowest BCUT2D eigenvalue weighted by Crippen LogP contribution is -2.33. The second kappa shape index (κ2) is 25.9. The summed E-state index contributed by atoms with van der Waals surface area (Å²) in [6.45, 7) is 3.85. The lowest BCUT2D eigenvalue weighted by molar-refractivity contribution is -0.138. The van der Waals surface area contributed by atoms with E-state index in [1.165, 1.54) is 24.3 Å². The molecule has 10 nitrogen and oxygen atoms in total. The maximum absolute atomic E-state index is 14.3. The van der Waals surface area contributed by atoms with Gasteiger partial charge in [0, 0.05) is 23.4 Å². The van der Waals surface area contributed by atoms with E-state index in [0.29, 0.717) is 42.7 Å². The van der Waals surface area contributed by atoms with E-state index in [1.807, 2.05) is 36.4 Å². The molecule has 0 amide bonds. The van der Waals surface area contributed by atoms with Gasteiger partial charge in [-0.05, 0) is 132 Å². The molecule has 0 saturated heterocycles. The number of rotatable bonds is 14. The Labute approximate surface area is 430 Å². The second-order valence-corrected chi connectivity index (χ2v) is 17.4. The number of carbonyl (C=O) groups is 2. The zero-order valence-electron chi connectivity index (χ0n) is 39.8. The number of allylic oxidation sites excluding steroid dienone is 4. The number of ether oxygens (including phenoxy) is 4. The number of hydrogen-bond acceptors (Lipinski definition) is 10. The molecule has 8 rings (SSSR count). The van der Waals surface area contributed by atoms with Crippen molar-refractivity contribution in [3.05, 3.63) is 188 Å². The fourth-order valence-electron chi connectivity index (χ4n) is 7.84. The van der Waals surface area contributed by atoms with E-state index in [-0.39, 0.29) is 54.9 Å². The number of halogens is 9. The number of hydrogen-bond donors (Lipinski definition) is 2. The van der Waals surface area contributed by atoms with Crippen LogP contribution in [0.4, 0.5) is 35.1 Å². The Bertz CT molecular complexity index is 2970. The van der Waals surface area contributed by atoms with Crippen LogP contribution in [0.2, 0.25) is 0 Å². The van der Waals surface area contributed by atoms with Crippen LogP contribution in [0, 0.1) is 11.6 Å². The molecule has 0 unspecified atom stereocenters. The zero-order chi connectivity index (χ0) is 53.6. The standard InChI is InChI=1S/C27H23F4NO3.C14H14BrFO2.C13H11BF3NO3/c1-2-34-26(33)23-13-18(11-12-24(23)28)20-9-6-10-21(20)22-14-19(27(29,30)31)15-32-25(22)35-16-17-7-4-3-5-8-17;1-2-18-14(17)11-8-9(6-7-13(11)16)10-4-3-5-12(10)15;15-13(16,17)10-6-11(14(19)20)12(18-7-10)21-8-9-4-2-1-3-5-9/h3-5,7-8,11-15H,2,6,9-10,16H2,1H3;6-8H,2-5H2,1H3;1-7,19-20H,8H2. The van der Waals surface area contributed by atoms with Crippen LogP contribution in [0.15, 0.2) is 126 Å². The van der Waals surface area contributed by atoms with Crippen molar-refractivity contribution in [2.75, 3.05) is 13.2 Å². The summed E-state index contributed by atoms with van der Waals surface area (Å²) in [6.07, 6.45) is -3.07. The Hall–Kier alpha value is -6.90. The van der Waals surface area contributed by atoms with E-state index in [2.05, 4.69) is 25.9 Å². The molecule has 0 saturated carbocycles. The third-order valence-corrected chi connectivity index (χ3v) is 12.3. The predicted octanol–water partition coefficient (Wildman–Crippen LogP) is 12.7. The highest BCUT2D eigenvalue weighted by atomic mass is 79.9. The van der Waals surface area contributed by atoms with Gasteiger partial charge < -0.3 is 29.0 Å². The summed E-state index contributed by atoms with van der Waals surface area (Å²) in [5, 5.41) is 18.3. The minimum absolute atomic E-state index is 0.00838. The molecule has 6 aromatic rings. The van der Waals surface area contributed by atoms with Gasteiger partial charge in [0.15, 0.2) is 0 Å². The Balaban J connectivity index is 0.000000195. The highest BCUT2D eigenvalue weighted by molar-refractivity contribution is 9.11. The lowest BCUT2D eigenvalue weighted by atomic mass is 9.80. The van der Waals surface area contributed by atoms with Crippen LogP contribution in [0.1, 0.15) is 112 Å². The minimum Gasteiger partial charge on any atom is -0.473 e. The van der Waals surface area contributed by atoms with Gasteiger partial charge in [0.25, 0.3) is 0 Å². The molecule has 0 atom stereocenters. The fraction of sp³-hybridized carbons (Fsp3) is 0.259. The van der Waals surface area contributed by atoms with Crippen molar-refractivity contribution < 1.29 is 73.7 Å². The molecule has 388 valence electrons. The minimum atomic E-state index is -4.62. The van der Waals surface area contributed by atoms with Crippen molar-refractivity contribution in [2.24, 2.45) is 0 Å². The van der Waals surface area contributed by atoms with Gasteiger partial charge >= 0.3 is 31.4 Å². The van der Waals surface area contributed by atoms with E-state index in [9.17, 15) is 44.7 Å². The number of carbonyl (C=O) groups excluding carboxylic acids is 2. The van der Waals surface area contributed by atoms with E-state index >= 15 is 0 Å². The molecule has 74 heavy (non-hydrogen) atoms. The van der Waals surface area contributed by atoms with E-state index < -0.39 is 59.6 Å². The average Bonchev–Trinajstić information content (AvgIpc) is 4.05. The Morgan fingerprint density at radius 1 is 0.595 bits per heavy atom. The van der Waals surface area contributed by atoms with Crippen molar-refractivity contribution in [1.82, 2.24) is 9.97 Å². The first-order valence-electron chi connectivity index (χ1n) is 23.2. The highest BCUT2D eigenvalue weighted by Gasteiger charge is 2.35. The smallest absolute Gasteiger partial charge is 0.473 e. The quantitative estimate of drug-likeness (QED) is 0.0616. The second-order valence-electron chi connectivity index (χ2n) is 16.5. The SMILES string of the molecule is CCOC(=O)c1cc(C2=C(Br)CCC2)ccc1F.CCOC(=O)c1cc(C2=C(c3cc(C(F)(F)F)cnc3OCc3ccccc3)CCC2)ccc1F.OB(O)c1cc(C(F)(F)F)cnc1OCc1ccccc1. The normalized spacial score (nSPS) is 13.4. The summed E-state index contributed by atoms with van der Waals surface area (Å²) in [7, 11) is -2.11. The number of benzene rings is 4. The van der Waals surface area contributed by atoms with E-state index in [4.69, 9.17) is 29.0 Å². The molecule has 0 bridgehead atoms. The molecular formula is C54H48BBrF8N2O8. The summed E-state index contributed by atoms with van der Waals surface area (Å²) in [4.78, 5) is 31.3. The molecule has 0 radical (unpaired) electrons. The number of alkyl halides is 6. The number of pyridine rings is 2. The van der Waals surface area contributed by atoms with Crippen LogP contribution >= 0.6 is 15.9 Å². The average molecular weight is 1100 g/mol. The van der Waals surface area contributed by atoms with Crippen LogP contribution < -0.4 is 14.9 Å². The third kappa shape index (κ3) is 15.1. The topological polar surface area (TPSA) is 137 Å². The van der Waals surface area contributed by atoms with Gasteiger partial charge in [0.05, 0.1) is 35.5 Å². The van der Waals surface area contributed by atoms with E-state index in [1.54, 1.807) is 50.2 Å². The Kier molecular flexibility index (Phi) is 19.7. The molecule has 4 aromatic carbocycles. The van der Waals surface area contributed by atoms with Gasteiger partial charge in [0.2, 0.25) is 11.8 Å². The molecule has 2 heterocycles. The van der Waals surface area contributed by atoms with Crippen molar-refractivity contribution in [1.29, 1.82) is 0 Å². The molecule has 0 aliphatic heterocycles. The Morgan fingerprint density at radius 3 is 1.51 bits per heavy atom. The molecule has 0 spiro atoms. The van der Waals surface area contributed by atoms with E-state index in [0.717, 1.165) is 63.8 Å². The maximum atomic E-state index is 14.3. The first-order valence-corrected chi connectivity index (χ1v) is 24.0. The van der Waals surface area contributed by atoms with Crippen LogP contribution in [0.25, 0.3) is 16.7 Å². The van der Waals surface area contributed by atoms with Crippen LogP contribution in [0.5, 0.6) is 11.8 Å². The van der Waals surface area contributed by atoms with Crippen molar-refractivity contribution in [3.63, 3.8) is 0 Å². The summed E-state index contributed by atoms with van der Waals surface area (Å²) in [5.41, 5.74) is 3.22. The monoisotopic (exact) mass is 1090 g/mol. The van der Waals surface area contributed by atoms with Crippen LogP contribution in [-0.2, 0) is 35.0 Å². The molecule has 20 heteroatoms. The summed E-state index contributed by atoms with van der Waals surface area (Å²) >= 11 is 3.52. The van der Waals surface area contributed by atoms with Crippen molar-refractivity contribution >= 4 is 57.2 Å². The van der Waals surface area contributed by atoms with Gasteiger partial charge in [-0.3, -0.25) is 0 Å². The van der Waals surface area contributed by atoms with Gasteiger partial charge in [-0.1, -0.05) is 88.7 Å². The van der Waals surface area contributed by atoms with Crippen LogP contribution in [0.3, 0.4) is 0 Å². The summed E-state index contributed by atoms with van der Waals surface area (Å²) in [5.74, 6) is -2.82. The lowest BCUT2D eigenvalue weighted by Gasteiger charge is -2.16. The zero-order valence-corrected chi connectivity index (χ0v) is 41.4. The number of nitrogens with zero attached hydrogens (tertiary/aromatic N) is 2. The number of esters is 2. The van der Waals surface area contributed by atoms with Gasteiger partial charge in [-0.25, -0.2) is 28.3 Å². The molecule has 2 N–H and O–H groups in total. The molecule has 2 aliphatic carbocycles. The molecule has 2 aliphatic rings. The molecule has 2 aromatic heterocycles. The molecule has 0 fully saturated rings. The first kappa shape index (κ1) is 56.4. The van der Waals surface area contributed by atoms with Gasteiger partial charge in [0.1, 0.15) is 24.8 Å². The van der Waals surface area contributed by atoms with Crippen molar-refractivity contribution in [3.8, 4) is 11.8 Å². The largest absolute Gasteiger partial charge is 0.494 e. The van der Waals surface area contributed by atoms with Crippen LogP contribution in [-0.4, -0.2) is 52.3 Å². The summed E-state index contributed by atoms with van der Waals surface area (Å²) in [6, 6.07) is 28.5. The first-order chi connectivity index (χ1) is 35.3. The van der Waals surface area contributed by atoms with Gasteiger partial charge in [-0.15, -0.1) is 0 Å².